The Bertz CT molecular complexity index is 1330. The molecule has 2 aromatic carbocycles. The van der Waals surface area contributed by atoms with Crippen molar-refractivity contribution in [1.29, 1.82) is 0 Å². The SMILES string of the molecule is CC1=N\O[B-]2(c3cc(Br)cc(Br)c3)O/N=C(C)/C(C)=N/O[B-](c3cc(Br)cc(Br)c3)(O\N=C\1C)O/N=C(C)/C(C)=N/O2.[Fe+2]. The Balaban J connectivity index is 0.00000506. The zero-order chi connectivity index (χ0) is 30.7. The Morgan fingerprint density at radius 3 is 0.767 bits per heavy atom. The van der Waals surface area contributed by atoms with Crippen LogP contribution in [-0.2, 0) is 45.6 Å². The molecule has 5 rings (SSSR count). The molecule has 19 heteroatoms. The van der Waals surface area contributed by atoms with Crippen LogP contribution in [0.1, 0.15) is 41.5 Å². The molecule has 2 bridgehead atoms. The first-order chi connectivity index (χ1) is 19.8. The second kappa shape index (κ2) is 14.7. The van der Waals surface area contributed by atoms with Crippen LogP contribution in [0.5, 0.6) is 0 Å². The third-order valence-electron chi connectivity index (χ3n) is 6.13. The van der Waals surface area contributed by atoms with Gasteiger partial charge in [0.2, 0.25) is 0 Å². The van der Waals surface area contributed by atoms with Gasteiger partial charge in [-0.15, -0.1) is 30.9 Å². The van der Waals surface area contributed by atoms with Crippen molar-refractivity contribution in [2.45, 2.75) is 41.5 Å². The van der Waals surface area contributed by atoms with Gasteiger partial charge in [-0.3, -0.25) is 0 Å². The molecule has 0 unspecified atom stereocenters. The fourth-order valence-electron chi connectivity index (χ4n) is 3.33. The zero-order valence-electron chi connectivity index (χ0n) is 23.6. The molecule has 3 aliphatic rings. The van der Waals surface area contributed by atoms with Gasteiger partial charge in [-0.2, -0.15) is 0 Å². The molecule has 0 saturated carbocycles. The van der Waals surface area contributed by atoms with E-state index < -0.39 is 13.5 Å². The Hall–Kier alpha value is -2.17. The fraction of sp³-hybridized carbons (Fsp3) is 0.250. The fourth-order valence-corrected chi connectivity index (χ4v) is 5.98. The summed E-state index contributed by atoms with van der Waals surface area (Å²) in [7, 11) is 0. The summed E-state index contributed by atoms with van der Waals surface area (Å²) in [5, 5.41) is 25.7. The minimum Gasteiger partial charge on any atom is -0.536 e. The van der Waals surface area contributed by atoms with Crippen molar-refractivity contribution in [2.24, 2.45) is 30.9 Å². The molecule has 0 fully saturated rings. The molecule has 0 amide bonds. The van der Waals surface area contributed by atoms with Gasteiger partial charge in [0.1, 0.15) is 0 Å². The van der Waals surface area contributed by atoms with Crippen molar-refractivity contribution in [1.82, 2.24) is 0 Å². The molecule has 3 aliphatic heterocycles. The predicted molar refractivity (Wildman–Crippen MR) is 180 cm³/mol. The van der Waals surface area contributed by atoms with Crippen LogP contribution in [-0.4, -0.2) is 47.8 Å². The van der Waals surface area contributed by atoms with Crippen LogP contribution in [0.25, 0.3) is 0 Å². The first kappa shape index (κ1) is 35.3. The van der Waals surface area contributed by atoms with E-state index in [1.165, 1.54) is 0 Å². The van der Waals surface area contributed by atoms with Gasteiger partial charge in [-0.1, -0.05) is 98.9 Å². The number of fused-ring (bicyclic) bond motifs is 9. The van der Waals surface area contributed by atoms with Crippen molar-refractivity contribution in [3.05, 3.63) is 54.3 Å². The molecular formula is C24H24B2Br4FeN6O6. The monoisotopic (exact) mass is 886 g/mol. The maximum Gasteiger partial charge on any atom is 2.00 e. The van der Waals surface area contributed by atoms with E-state index in [1.54, 1.807) is 65.8 Å². The first-order valence-corrected chi connectivity index (χ1v) is 15.6. The van der Waals surface area contributed by atoms with Gasteiger partial charge in [0.15, 0.2) is 0 Å². The summed E-state index contributed by atoms with van der Waals surface area (Å²) in [5.41, 5.74) is 2.75. The van der Waals surface area contributed by atoms with Gasteiger partial charge in [0.25, 0.3) is 0 Å². The van der Waals surface area contributed by atoms with Gasteiger partial charge in [0.05, 0.1) is 34.3 Å². The molecular weight excluding hydrogens is 865 g/mol. The number of nitrogens with zero attached hydrogens (tertiary/aromatic N) is 6. The van der Waals surface area contributed by atoms with Crippen molar-refractivity contribution in [2.75, 3.05) is 0 Å². The molecule has 0 aromatic heterocycles. The summed E-state index contributed by atoms with van der Waals surface area (Å²) in [6.45, 7) is 4.00. The molecule has 12 nitrogen and oxygen atoms in total. The Morgan fingerprint density at radius 2 is 0.581 bits per heavy atom. The number of hydrogen-bond donors (Lipinski definition) is 0. The van der Waals surface area contributed by atoms with Crippen LogP contribution in [0.2, 0.25) is 0 Å². The van der Waals surface area contributed by atoms with Crippen LogP contribution in [0.4, 0.5) is 0 Å². The molecule has 0 aliphatic carbocycles. The maximum atomic E-state index is 6.02. The smallest absolute Gasteiger partial charge is 0.536 e. The van der Waals surface area contributed by atoms with Crippen molar-refractivity contribution < 1.29 is 45.6 Å². The Morgan fingerprint density at radius 1 is 0.395 bits per heavy atom. The summed E-state index contributed by atoms with van der Waals surface area (Å²) in [4.78, 5) is 0. The molecule has 2 aromatic rings. The Kier molecular flexibility index (Phi) is 12.1. The molecule has 228 valence electrons. The van der Waals surface area contributed by atoms with Crippen molar-refractivity contribution in [3.8, 4) is 0 Å². The topological polar surface area (TPSA) is 130 Å². The van der Waals surface area contributed by atoms with E-state index in [1.807, 2.05) is 12.1 Å². The average Bonchev–Trinajstić information content (AvgIpc) is 2.93. The number of halogens is 4. The quantitative estimate of drug-likeness (QED) is 0.335. The molecule has 43 heavy (non-hydrogen) atoms. The molecule has 0 saturated heterocycles. The molecule has 3 heterocycles. The van der Waals surface area contributed by atoms with Crippen molar-refractivity contribution >= 4 is 122 Å². The van der Waals surface area contributed by atoms with E-state index >= 15 is 0 Å². The van der Waals surface area contributed by atoms with E-state index in [0.717, 1.165) is 0 Å². The normalized spacial score (nSPS) is 30.0. The van der Waals surface area contributed by atoms with Gasteiger partial charge >= 0.3 is 30.6 Å². The van der Waals surface area contributed by atoms with E-state index in [4.69, 9.17) is 28.5 Å². The molecule has 0 radical (unpaired) electrons. The first-order valence-electron chi connectivity index (χ1n) is 12.4. The van der Waals surface area contributed by atoms with E-state index in [2.05, 4.69) is 94.7 Å². The van der Waals surface area contributed by atoms with Crippen LogP contribution < -0.4 is 10.9 Å². The van der Waals surface area contributed by atoms with Crippen LogP contribution >= 0.6 is 63.7 Å². The minimum absolute atomic E-state index is 0. The number of hydrogen-bond acceptors (Lipinski definition) is 12. The largest absolute Gasteiger partial charge is 2.00 e. The second-order valence-electron chi connectivity index (χ2n) is 9.38. The third kappa shape index (κ3) is 8.51. The molecule has 0 atom stereocenters. The number of oxime groups is 6. The maximum absolute atomic E-state index is 6.02. The van der Waals surface area contributed by atoms with Crippen LogP contribution in [0.3, 0.4) is 0 Å². The zero-order valence-corrected chi connectivity index (χ0v) is 31.1. The summed E-state index contributed by atoms with van der Waals surface area (Å²) in [6.07, 6.45) is 0. The van der Waals surface area contributed by atoms with Crippen molar-refractivity contribution in [3.63, 3.8) is 0 Å². The minimum atomic E-state index is -2.99. The summed E-state index contributed by atoms with van der Waals surface area (Å²) in [5.74, 6) is 0. The van der Waals surface area contributed by atoms with Crippen LogP contribution in [0, 0.1) is 0 Å². The second-order valence-corrected chi connectivity index (χ2v) is 13.0. The van der Waals surface area contributed by atoms with Gasteiger partial charge in [0, 0.05) is 17.9 Å². The number of benzene rings is 2. The van der Waals surface area contributed by atoms with Crippen LogP contribution in [0.15, 0.2) is 85.2 Å². The standard InChI is InChI=1S/C24H24B2Br4N6O6.Fe/c1-13-14(2)32-38-26(20-9-23(29)12-24(30)10-20)41-35-17(5)15(3)33-39-25(37-31-13,19-7-21(27)11-22(28)8-19)40-34-16(4)18(6)36-42-26;/h7-12H,1-6H3;/q-2;+2/b31-13+,32-14+,33-15+,34-16+,35-17+,36-18+;. The van der Waals surface area contributed by atoms with Gasteiger partial charge < -0.3 is 28.5 Å². The van der Waals surface area contributed by atoms with Gasteiger partial charge in [-0.25, -0.2) is 0 Å². The Labute approximate surface area is 292 Å². The average molecular weight is 890 g/mol. The summed E-state index contributed by atoms with van der Waals surface area (Å²) >= 11 is 14.0. The predicted octanol–water partition coefficient (Wildman–Crippen LogP) is 6.11. The van der Waals surface area contributed by atoms with E-state index in [-0.39, 0.29) is 17.1 Å². The van der Waals surface area contributed by atoms with Gasteiger partial charge in [-0.05, 0) is 53.7 Å². The van der Waals surface area contributed by atoms with E-state index in [0.29, 0.717) is 63.1 Å². The molecule has 0 spiro atoms. The summed E-state index contributed by atoms with van der Waals surface area (Å²) in [6, 6.07) is 10.6. The number of rotatable bonds is 2. The third-order valence-corrected chi connectivity index (χ3v) is 7.96. The van der Waals surface area contributed by atoms with E-state index in [9.17, 15) is 0 Å². The molecule has 0 N–H and O–H groups in total. The summed E-state index contributed by atoms with van der Waals surface area (Å²) < 4.78 is 38.9.